The van der Waals surface area contributed by atoms with Crippen LogP contribution in [0.15, 0.2) is 71.4 Å². The van der Waals surface area contributed by atoms with Gasteiger partial charge in [-0.3, -0.25) is 9.59 Å². The van der Waals surface area contributed by atoms with Crippen molar-refractivity contribution in [1.29, 1.82) is 5.41 Å². The Morgan fingerprint density at radius 3 is 2.61 bits per heavy atom. The van der Waals surface area contributed by atoms with Crippen LogP contribution < -0.4 is 21.3 Å². The van der Waals surface area contributed by atoms with E-state index in [1.165, 1.54) is 35.0 Å². The molecule has 2 aromatic carbocycles. The number of alkyl halides is 2. The van der Waals surface area contributed by atoms with Crippen LogP contribution >= 0.6 is 11.8 Å². The average Bonchev–Trinajstić information content (AvgIpc) is 3.54. The molecule has 0 bridgehead atoms. The lowest BCUT2D eigenvalue weighted by molar-refractivity contribution is -0.116. The summed E-state index contributed by atoms with van der Waals surface area (Å²) < 4.78 is 42.7. The van der Waals surface area contributed by atoms with Gasteiger partial charge < -0.3 is 26.7 Å². The SMILES string of the molecule is Cc1ccc(C(=N)/C=C(/Nc2ccc(N3CCC(F)(F)C3)cn2)C(N)=O)c(F)c1NC(=O)C1Cc2ccccc2S1. The van der Waals surface area contributed by atoms with Crippen LogP contribution in [0.25, 0.3) is 0 Å². The highest BCUT2D eigenvalue weighted by Crippen LogP contribution is 2.38. The number of carbonyl (C=O) groups is 2. The topological polar surface area (TPSA) is 124 Å². The number of allylic oxidation sites excluding steroid dienone is 1. The number of pyridine rings is 1. The summed E-state index contributed by atoms with van der Waals surface area (Å²) in [4.78, 5) is 31.8. The first-order valence-corrected chi connectivity index (χ1v) is 13.7. The molecule has 0 saturated carbocycles. The number of amides is 2. The maximum Gasteiger partial charge on any atom is 0.266 e. The van der Waals surface area contributed by atoms with Gasteiger partial charge in [0, 0.05) is 23.4 Å². The molecule has 2 amide bonds. The third-order valence-corrected chi connectivity index (χ3v) is 8.25. The van der Waals surface area contributed by atoms with Crippen LogP contribution in [-0.2, 0) is 16.0 Å². The molecule has 0 aliphatic carbocycles. The second-order valence-electron chi connectivity index (χ2n) is 9.92. The minimum atomic E-state index is -2.76. The Kier molecular flexibility index (Phi) is 7.76. The second kappa shape index (κ2) is 11.3. The summed E-state index contributed by atoms with van der Waals surface area (Å²) in [7, 11) is 0. The Morgan fingerprint density at radius 1 is 1.17 bits per heavy atom. The number of hydrogen-bond donors (Lipinski definition) is 4. The van der Waals surface area contributed by atoms with E-state index >= 15 is 4.39 Å². The fourth-order valence-electron chi connectivity index (χ4n) is 4.70. The summed E-state index contributed by atoms with van der Waals surface area (Å²) in [6.45, 7) is 1.44. The number of nitrogens with one attached hydrogen (secondary N) is 3. The van der Waals surface area contributed by atoms with E-state index in [0.717, 1.165) is 16.5 Å². The van der Waals surface area contributed by atoms with E-state index in [9.17, 15) is 18.4 Å². The number of halogens is 3. The highest BCUT2D eigenvalue weighted by molar-refractivity contribution is 8.01. The fraction of sp³-hybridized carbons (Fsp3) is 0.241. The molecule has 1 aromatic heterocycles. The summed E-state index contributed by atoms with van der Waals surface area (Å²) >= 11 is 1.42. The molecule has 41 heavy (non-hydrogen) atoms. The normalized spacial score (nSPS) is 17.7. The molecule has 0 radical (unpaired) electrons. The van der Waals surface area contributed by atoms with Gasteiger partial charge in [-0.25, -0.2) is 18.2 Å². The first-order chi connectivity index (χ1) is 19.5. The lowest BCUT2D eigenvalue weighted by Crippen LogP contribution is -2.26. The van der Waals surface area contributed by atoms with E-state index in [4.69, 9.17) is 11.1 Å². The highest BCUT2D eigenvalue weighted by atomic mass is 32.2. The predicted molar refractivity (Wildman–Crippen MR) is 153 cm³/mol. The predicted octanol–water partition coefficient (Wildman–Crippen LogP) is 4.88. The molecule has 1 unspecified atom stereocenters. The zero-order valence-electron chi connectivity index (χ0n) is 22.0. The molecule has 1 atom stereocenters. The standard InChI is InChI=1S/C29H27F3N6O2S/c1-16-6-8-19(25(30)26(16)37-28(40)23-12-17-4-2-3-5-22(17)41-23)20(33)13-21(27(34)39)36-24-9-7-18(14-35-24)38-11-10-29(31,32)15-38/h2-9,13-14,23,33H,10-12,15H2,1H3,(H2,34,39)(H,35,36)(H,37,40)/b21-13+,33-20?. The molecule has 3 heterocycles. The van der Waals surface area contributed by atoms with E-state index in [2.05, 4.69) is 15.6 Å². The number of aryl methyl sites for hydroxylation is 1. The number of nitrogens with two attached hydrogens (primary N) is 1. The second-order valence-corrected chi connectivity index (χ2v) is 11.2. The number of aromatic nitrogens is 1. The molecular formula is C29H27F3N6O2S. The van der Waals surface area contributed by atoms with Gasteiger partial charge in [-0.15, -0.1) is 11.8 Å². The van der Waals surface area contributed by atoms with E-state index in [1.807, 2.05) is 24.3 Å². The van der Waals surface area contributed by atoms with Crippen LogP contribution in [0.2, 0.25) is 0 Å². The van der Waals surface area contributed by atoms with Crippen LogP contribution in [0, 0.1) is 18.2 Å². The minimum Gasteiger partial charge on any atom is -0.364 e. The summed E-state index contributed by atoms with van der Waals surface area (Å²) in [5, 5.41) is 13.4. The Bertz CT molecular complexity index is 1540. The first kappa shape index (κ1) is 28.2. The summed E-state index contributed by atoms with van der Waals surface area (Å²) in [6.07, 6.45) is 2.75. The van der Waals surface area contributed by atoms with Crippen molar-refractivity contribution in [2.45, 2.75) is 35.8 Å². The van der Waals surface area contributed by atoms with Gasteiger partial charge in [0.1, 0.15) is 11.5 Å². The number of benzene rings is 2. The number of fused-ring (bicyclic) bond motifs is 1. The van der Waals surface area contributed by atoms with Crippen LogP contribution in [0.1, 0.15) is 23.1 Å². The number of thioether (sulfide) groups is 1. The fourth-order valence-corrected chi connectivity index (χ4v) is 5.89. The van der Waals surface area contributed by atoms with Gasteiger partial charge in [0.25, 0.3) is 11.8 Å². The van der Waals surface area contributed by atoms with Gasteiger partial charge >= 0.3 is 0 Å². The van der Waals surface area contributed by atoms with Gasteiger partial charge in [-0.2, -0.15) is 0 Å². The number of carbonyl (C=O) groups excluding carboxylic acids is 2. The van der Waals surface area contributed by atoms with Crippen molar-refractivity contribution < 1.29 is 22.8 Å². The molecule has 3 aromatic rings. The maximum absolute atomic E-state index is 15.6. The van der Waals surface area contributed by atoms with E-state index < -0.39 is 29.4 Å². The number of rotatable bonds is 8. The van der Waals surface area contributed by atoms with Crippen LogP contribution in [0.4, 0.5) is 30.4 Å². The number of nitrogens with zero attached hydrogens (tertiary/aromatic N) is 2. The maximum atomic E-state index is 15.6. The van der Waals surface area contributed by atoms with Crippen molar-refractivity contribution in [3.63, 3.8) is 0 Å². The van der Waals surface area contributed by atoms with Gasteiger partial charge in [-0.05, 0) is 54.8 Å². The van der Waals surface area contributed by atoms with E-state index in [0.29, 0.717) is 17.7 Å². The van der Waals surface area contributed by atoms with Crippen molar-refractivity contribution in [2.24, 2.45) is 5.73 Å². The Balaban J connectivity index is 1.30. The van der Waals surface area contributed by atoms with Crippen LogP contribution in [0.5, 0.6) is 0 Å². The molecule has 2 aliphatic heterocycles. The molecule has 212 valence electrons. The lowest BCUT2D eigenvalue weighted by Gasteiger charge is -2.18. The van der Waals surface area contributed by atoms with Crippen molar-refractivity contribution in [3.05, 3.63) is 89.0 Å². The summed E-state index contributed by atoms with van der Waals surface area (Å²) in [6, 6.07) is 13.7. The zero-order chi connectivity index (χ0) is 29.3. The lowest BCUT2D eigenvalue weighted by atomic mass is 10.0. The highest BCUT2D eigenvalue weighted by Gasteiger charge is 2.38. The van der Waals surface area contributed by atoms with Crippen molar-refractivity contribution in [3.8, 4) is 0 Å². The van der Waals surface area contributed by atoms with Gasteiger partial charge in [0.15, 0.2) is 5.82 Å². The smallest absolute Gasteiger partial charge is 0.266 e. The zero-order valence-corrected chi connectivity index (χ0v) is 22.8. The van der Waals surface area contributed by atoms with E-state index in [-0.39, 0.29) is 47.4 Å². The minimum absolute atomic E-state index is 0.0412. The third-order valence-electron chi connectivity index (χ3n) is 6.93. The number of primary amides is 1. The largest absolute Gasteiger partial charge is 0.364 e. The summed E-state index contributed by atoms with van der Waals surface area (Å²) in [5.41, 5.74) is 6.75. The average molecular weight is 581 g/mol. The van der Waals surface area contributed by atoms with Crippen molar-refractivity contribution >= 4 is 46.5 Å². The van der Waals surface area contributed by atoms with Gasteiger partial charge in [0.05, 0.1) is 35.1 Å². The Morgan fingerprint density at radius 2 is 1.95 bits per heavy atom. The van der Waals surface area contributed by atoms with Gasteiger partial charge in [0.2, 0.25) is 5.91 Å². The molecule has 5 rings (SSSR count). The molecule has 5 N–H and O–H groups in total. The Hall–Kier alpha value is -4.32. The first-order valence-electron chi connectivity index (χ1n) is 12.8. The molecule has 1 fully saturated rings. The molecular weight excluding hydrogens is 553 g/mol. The quantitative estimate of drug-likeness (QED) is 0.223. The molecule has 1 saturated heterocycles. The van der Waals surface area contributed by atoms with Crippen molar-refractivity contribution in [2.75, 3.05) is 28.6 Å². The molecule has 12 heteroatoms. The number of hydrogen-bond acceptors (Lipinski definition) is 7. The Labute approximate surface area is 238 Å². The van der Waals surface area contributed by atoms with Gasteiger partial charge in [-0.1, -0.05) is 24.3 Å². The van der Waals surface area contributed by atoms with Crippen molar-refractivity contribution in [1.82, 2.24) is 4.98 Å². The molecule has 8 nitrogen and oxygen atoms in total. The molecule has 0 spiro atoms. The van der Waals surface area contributed by atoms with E-state index in [1.54, 1.807) is 19.1 Å². The summed E-state index contributed by atoms with van der Waals surface area (Å²) in [5.74, 6) is -4.65. The number of anilines is 3. The third kappa shape index (κ3) is 6.22. The monoisotopic (exact) mass is 580 g/mol. The van der Waals surface area contributed by atoms with Crippen LogP contribution in [0.3, 0.4) is 0 Å². The van der Waals surface area contributed by atoms with Crippen LogP contribution in [-0.4, -0.2) is 46.8 Å². The molecule has 2 aliphatic rings.